The Kier molecular flexibility index (Phi) is 5.33. The number of thioether (sulfide) groups is 1. The molecule has 76 valence electrons. The zero-order valence-electron chi connectivity index (χ0n) is 8.32. The Balaban J connectivity index is 2.27. The topological polar surface area (TPSA) is 29.1 Å². The van der Waals surface area contributed by atoms with Crippen LogP contribution in [0.4, 0.5) is 0 Å². The molecule has 14 heavy (non-hydrogen) atoms. The van der Waals surface area contributed by atoms with Gasteiger partial charge in [-0.3, -0.25) is 4.79 Å². The second-order valence-corrected chi connectivity index (χ2v) is 4.13. The summed E-state index contributed by atoms with van der Waals surface area (Å²) >= 11 is 1.33. The van der Waals surface area contributed by atoms with Crippen molar-refractivity contribution in [2.45, 2.75) is 17.7 Å². The van der Waals surface area contributed by atoms with Crippen molar-refractivity contribution >= 4 is 16.9 Å². The van der Waals surface area contributed by atoms with Crippen molar-refractivity contribution in [2.75, 3.05) is 13.6 Å². The van der Waals surface area contributed by atoms with Gasteiger partial charge in [0.05, 0.1) is 0 Å². The first-order valence-electron chi connectivity index (χ1n) is 4.73. The van der Waals surface area contributed by atoms with Crippen molar-refractivity contribution in [1.82, 2.24) is 5.32 Å². The van der Waals surface area contributed by atoms with Gasteiger partial charge in [-0.05, 0) is 32.1 Å². The van der Waals surface area contributed by atoms with Crippen LogP contribution in [-0.4, -0.2) is 18.7 Å². The molecule has 1 aromatic rings. The minimum Gasteiger partial charge on any atom is -0.320 e. The zero-order chi connectivity index (χ0) is 10.2. The van der Waals surface area contributed by atoms with E-state index in [4.69, 9.17) is 0 Å². The number of benzene rings is 1. The van der Waals surface area contributed by atoms with E-state index in [0.29, 0.717) is 6.42 Å². The fourth-order valence-corrected chi connectivity index (χ4v) is 1.88. The van der Waals surface area contributed by atoms with Crippen molar-refractivity contribution < 1.29 is 4.79 Å². The Morgan fingerprint density at radius 1 is 1.36 bits per heavy atom. The highest BCUT2D eigenvalue weighted by molar-refractivity contribution is 8.13. The maximum absolute atomic E-state index is 11.4. The second kappa shape index (κ2) is 6.62. The summed E-state index contributed by atoms with van der Waals surface area (Å²) in [4.78, 5) is 12.5. The molecule has 0 amide bonds. The lowest BCUT2D eigenvalue weighted by molar-refractivity contribution is -0.111. The van der Waals surface area contributed by atoms with E-state index < -0.39 is 0 Å². The highest BCUT2D eigenvalue weighted by atomic mass is 32.2. The Bertz CT molecular complexity index is 274. The van der Waals surface area contributed by atoms with Gasteiger partial charge in [0.15, 0.2) is 5.12 Å². The molecule has 0 unspecified atom stereocenters. The largest absolute Gasteiger partial charge is 0.320 e. The Hall–Kier alpha value is -0.800. The number of hydrogen-bond donors (Lipinski definition) is 1. The molecule has 0 heterocycles. The Morgan fingerprint density at radius 2 is 2.07 bits per heavy atom. The van der Waals surface area contributed by atoms with E-state index in [2.05, 4.69) is 5.32 Å². The minimum atomic E-state index is 0.242. The first-order chi connectivity index (χ1) is 6.83. The average Bonchev–Trinajstić information content (AvgIpc) is 2.20. The molecule has 0 atom stereocenters. The van der Waals surface area contributed by atoms with Gasteiger partial charge < -0.3 is 5.32 Å². The fraction of sp³-hybridized carbons (Fsp3) is 0.364. The normalized spacial score (nSPS) is 10.1. The lowest BCUT2D eigenvalue weighted by Crippen LogP contribution is -2.08. The number of nitrogens with one attached hydrogen (secondary N) is 1. The summed E-state index contributed by atoms with van der Waals surface area (Å²) in [5.74, 6) is 0. The van der Waals surface area contributed by atoms with Crippen molar-refractivity contribution in [3.8, 4) is 0 Å². The first kappa shape index (κ1) is 11.3. The van der Waals surface area contributed by atoms with Crippen LogP contribution in [0, 0.1) is 0 Å². The molecule has 0 bridgehead atoms. The third kappa shape index (κ3) is 4.44. The molecular weight excluding hydrogens is 194 g/mol. The quantitative estimate of drug-likeness (QED) is 0.596. The molecular formula is C11H15NOS. The average molecular weight is 209 g/mol. The van der Waals surface area contributed by atoms with Gasteiger partial charge in [0, 0.05) is 11.3 Å². The van der Waals surface area contributed by atoms with E-state index in [9.17, 15) is 4.79 Å². The van der Waals surface area contributed by atoms with E-state index in [1.807, 2.05) is 37.4 Å². The highest BCUT2D eigenvalue weighted by Crippen LogP contribution is 2.19. The smallest absolute Gasteiger partial charge is 0.193 e. The predicted molar refractivity (Wildman–Crippen MR) is 60.5 cm³/mol. The number of rotatable bonds is 5. The van der Waals surface area contributed by atoms with Gasteiger partial charge in [-0.25, -0.2) is 0 Å². The Labute approximate surface area is 89.1 Å². The number of hydrogen-bond acceptors (Lipinski definition) is 3. The Morgan fingerprint density at radius 3 is 2.71 bits per heavy atom. The van der Waals surface area contributed by atoms with Crippen molar-refractivity contribution in [1.29, 1.82) is 0 Å². The van der Waals surface area contributed by atoms with Gasteiger partial charge in [-0.1, -0.05) is 30.0 Å². The van der Waals surface area contributed by atoms with Gasteiger partial charge in [0.2, 0.25) is 0 Å². The van der Waals surface area contributed by atoms with Crippen LogP contribution >= 0.6 is 11.8 Å². The lowest BCUT2D eigenvalue weighted by Gasteiger charge is -2.00. The summed E-state index contributed by atoms with van der Waals surface area (Å²) < 4.78 is 0. The summed E-state index contributed by atoms with van der Waals surface area (Å²) in [5, 5.41) is 3.27. The van der Waals surface area contributed by atoms with Crippen LogP contribution in [0.1, 0.15) is 12.8 Å². The van der Waals surface area contributed by atoms with Gasteiger partial charge in [-0.2, -0.15) is 0 Å². The molecule has 3 heteroatoms. The standard InChI is InChI=1S/C11H15NOS/c1-12-9-5-8-11(13)14-10-6-3-2-4-7-10/h2-4,6-7,12H,5,8-9H2,1H3. The van der Waals surface area contributed by atoms with E-state index >= 15 is 0 Å². The highest BCUT2D eigenvalue weighted by Gasteiger charge is 2.03. The molecule has 0 aliphatic carbocycles. The molecule has 1 aromatic carbocycles. The molecule has 0 aliphatic heterocycles. The summed E-state index contributed by atoms with van der Waals surface area (Å²) in [5.41, 5.74) is 0. The van der Waals surface area contributed by atoms with Crippen LogP contribution in [-0.2, 0) is 4.79 Å². The molecule has 0 aliphatic rings. The maximum atomic E-state index is 11.4. The van der Waals surface area contributed by atoms with Crippen LogP contribution in [0.2, 0.25) is 0 Å². The van der Waals surface area contributed by atoms with Crippen LogP contribution < -0.4 is 5.32 Å². The van der Waals surface area contributed by atoms with Crippen LogP contribution in [0.3, 0.4) is 0 Å². The second-order valence-electron chi connectivity index (χ2n) is 2.99. The summed E-state index contributed by atoms with van der Waals surface area (Å²) in [6.45, 7) is 0.904. The summed E-state index contributed by atoms with van der Waals surface area (Å²) in [6.07, 6.45) is 1.55. The fourth-order valence-electron chi connectivity index (χ4n) is 1.08. The van der Waals surface area contributed by atoms with E-state index in [0.717, 1.165) is 17.9 Å². The summed E-state index contributed by atoms with van der Waals surface area (Å²) in [7, 11) is 1.90. The van der Waals surface area contributed by atoms with Gasteiger partial charge in [-0.15, -0.1) is 0 Å². The summed E-state index contributed by atoms with van der Waals surface area (Å²) in [6, 6.07) is 9.77. The van der Waals surface area contributed by atoms with Gasteiger partial charge in [0.25, 0.3) is 0 Å². The third-order valence-electron chi connectivity index (χ3n) is 1.78. The van der Waals surface area contributed by atoms with Crippen LogP contribution in [0.15, 0.2) is 35.2 Å². The molecule has 0 spiro atoms. The SMILES string of the molecule is CNCCCC(=O)Sc1ccccc1. The predicted octanol–water partition coefficient (Wildman–Crippen LogP) is 2.30. The van der Waals surface area contributed by atoms with E-state index in [-0.39, 0.29) is 5.12 Å². The third-order valence-corrected chi connectivity index (χ3v) is 2.72. The van der Waals surface area contributed by atoms with Crippen molar-refractivity contribution in [3.63, 3.8) is 0 Å². The molecule has 1 rings (SSSR count). The monoisotopic (exact) mass is 209 g/mol. The molecule has 1 N–H and O–H groups in total. The molecule has 0 aromatic heterocycles. The maximum Gasteiger partial charge on any atom is 0.193 e. The van der Waals surface area contributed by atoms with Crippen molar-refractivity contribution in [2.24, 2.45) is 0 Å². The zero-order valence-corrected chi connectivity index (χ0v) is 9.14. The lowest BCUT2D eigenvalue weighted by atomic mass is 10.3. The van der Waals surface area contributed by atoms with Crippen LogP contribution in [0.25, 0.3) is 0 Å². The molecule has 0 radical (unpaired) electrons. The van der Waals surface area contributed by atoms with Crippen LogP contribution in [0.5, 0.6) is 0 Å². The number of carbonyl (C=O) groups excluding carboxylic acids is 1. The number of carbonyl (C=O) groups is 1. The molecule has 2 nitrogen and oxygen atoms in total. The van der Waals surface area contributed by atoms with Gasteiger partial charge >= 0.3 is 0 Å². The van der Waals surface area contributed by atoms with E-state index in [1.165, 1.54) is 11.8 Å². The van der Waals surface area contributed by atoms with Gasteiger partial charge in [0.1, 0.15) is 0 Å². The van der Waals surface area contributed by atoms with Crippen molar-refractivity contribution in [3.05, 3.63) is 30.3 Å². The molecule has 0 saturated carbocycles. The van der Waals surface area contributed by atoms with E-state index in [1.54, 1.807) is 0 Å². The molecule has 0 fully saturated rings. The first-order valence-corrected chi connectivity index (χ1v) is 5.55. The molecule has 0 saturated heterocycles. The minimum absolute atomic E-state index is 0.242.